The lowest BCUT2D eigenvalue weighted by Gasteiger charge is -2.42. The van der Waals surface area contributed by atoms with E-state index in [1.807, 2.05) is 0 Å². The Labute approximate surface area is 91.1 Å². The molecule has 2 rings (SSSR count). The molecule has 3 heteroatoms. The number of ether oxygens (including phenoxy) is 2. The summed E-state index contributed by atoms with van der Waals surface area (Å²) in [5, 5.41) is 0. The molecule has 1 aliphatic heterocycles. The van der Waals surface area contributed by atoms with Crippen molar-refractivity contribution in [2.45, 2.75) is 50.7 Å². The molecule has 2 fully saturated rings. The van der Waals surface area contributed by atoms with E-state index < -0.39 is 0 Å². The van der Waals surface area contributed by atoms with Gasteiger partial charge in [-0.15, -0.1) is 0 Å². The molecule has 1 heterocycles. The van der Waals surface area contributed by atoms with Crippen LogP contribution in [0, 0.1) is 5.92 Å². The summed E-state index contributed by atoms with van der Waals surface area (Å²) in [6.07, 6.45) is 8.36. The number of carbonyl (C=O) groups excluding carboxylic acids is 1. The molecule has 15 heavy (non-hydrogen) atoms. The van der Waals surface area contributed by atoms with Crippen LogP contribution in [0.5, 0.6) is 0 Å². The van der Waals surface area contributed by atoms with E-state index >= 15 is 0 Å². The lowest BCUT2D eigenvalue weighted by atomic mass is 9.92. The van der Waals surface area contributed by atoms with Crippen LogP contribution in [-0.2, 0) is 14.3 Å². The first-order valence-electron chi connectivity index (χ1n) is 6.06. The fraction of sp³-hybridized carbons (Fsp3) is 0.917. The average molecular weight is 212 g/mol. The Morgan fingerprint density at radius 1 is 1.13 bits per heavy atom. The van der Waals surface area contributed by atoms with Crippen molar-refractivity contribution in [2.24, 2.45) is 5.92 Å². The van der Waals surface area contributed by atoms with E-state index in [0.29, 0.717) is 12.3 Å². The summed E-state index contributed by atoms with van der Waals surface area (Å²) in [5.74, 6) is 0.165. The van der Waals surface area contributed by atoms with Crippen molar-refractivity contribution in [2.75, 3.05) is 13.2 Å². The van der Waals surface area contributed by atoms with Crippen LogP contribution in [0.3, 0.4) is 0 Å². The Morgan fingerprint density at radius 2 is 1.80 bits per heavy atom. The molecule has 0 amide bonds. The van der Waals surface area contributed by atoms with Gasteiger partial charge in [0.2, 0.25) is 0 Å². The molecule has 0 aromatic carbocycles. The van der Waals surface area contributed by atoms with Crippen molar-refractivity contribution in [1.29, 1.82) is 0 Å². The van der Waals surface area contributed by atoms with Crippen molar-refractivity contribution in [3.8, 4) is 0 Å². The van der Waals surface area contributed by atoms with E-state index in [1.54, 1.807) is 0 Å². The largest absolute Gasteiger partial charge is 0.350 e. The topological polar surface area (TPSA) is 35.5 Å². The van der Waals surface area contributed by atoms with Gasteiger partial charge in [-0.25, -0.2) is 0 Å². The van der Waals surface area contributed by atoms with E-state index in [4.69, 9.17) is 9.47 Å². The second-order valence-electron chi connectivity index (χ2n) is 4.70. The molecule has 0 N–H and O–H groups in total. The van der Waals surface area contributed by atoms with Crippen LogP contribution in [-0.4, -0.2) is 25.3 Å². The normalized spacial score (nSPS) is 26.7. The fourth-order valence-electron chi connectivity index (χ4n) is 2.48. The maximum absolute atomic E-state index is 10.3. The first-order chi connectivity index (χ1) is 7.35. The van der Waals surface area contributed by atoms with Gasteiger partial charge in [0, 0.05) is 25.2 Å². The third-order valence-corrected chi connectivity index (χ3v) is 3.47. The molecule has 0 radical (unpaired) electrons. The maximum atomic E-state index is 10.3. The standard InChI is InChI=1S/C12H20O3/c13-8-4-5-11-9-14-12(15-10-11)6-2-1-3-7-12/h8,11H,1-7,9-10H2. The predicted molar refractivity (Wildman–Crippen MR) is 56.5 cm³/mol. The third kappa shape index (κ3) is 2.79. The minimum absolute atomic E-state index is 0.254. The quantitative estimate of drug-likeness (QED) is 0.673. The molecule has 0 atom stereocenters. The lowest BCUT2D eigenvalue weighted by molar-refractivity contribution is -0.295. The smallest absolute Gasteiger partial charge is 0.168 e. The van der Waals surface area contributed by atoms with E-state index in [-0.39, 0.29) is 5.79 Å². The molecule has 1 saturated carbocycles. The second kappa shape index (κ2) is 5.08. The molecule has 0 bridgehead atoms. The van der Waals surface area contributed by atoms with Gasteiger partial charge in [-0.2, -0.15) is 0 Å². The van der Waals surface area contributed by atoms with E-state index in [2.05, 4.69) is 0 Å². The first-order valence-corrected chi connectivity index (χ1v) is 6.06. The van der Waals surface area contributed by atoms with Gasteiger partial charge < -0.3 is 14.3 Å². The zero-order valence-corrected chi connectivity index (χ0v) is 9.24. The number of hydrogen-bond acceptors (Lipinski definition) is 3. The maximum Gasteiger partial charge on any atom is 0.168 e. The average Bonchev–Trinajstić information content (AvgIpc) is 2.30. The van der Waals surface area contributed by atoms with Crippen LogP contribution in [0.15, 0.2) is 0 Å². The summed E-state index contributed by atoms with van der Waals surface area (Å²) < 4.78 is 11.8. The zero-order chi connectivity index (χ0) is 10.6. The minimum Gasteiger partial charge on any atom is -0.350 e. The monoisotopic (exact) mass is 212 g/mol. The van der Waals surface area contributed by atoms with Gasteiger partial charge in [-0.1, -0.05) is 6.42 Å². The molecule has 3 nitrogen and oxygen atoms in total. The minimum atomic E-state index is -0.254. The van der Waals surface area contributed by atoms with Crippen LogP contribution >= 0.6 is 0 Å². The Hall–Kier alpha value is -0.410. The van der Waals surface area contributed by atoms with Crippen molar-refractivity contribution in [1.82, 2.24) is 0 Å². The number of hydrogen-bond donors (Lipinski definition) is 0. The summed E-state index contributed by atoms with van der Waals surface area (Å²) in [4.78, 5) is 10.3. The van der Waals surface area contributed by atoms with Crippen LogP contribution in [0.4, 0.5) is 0 Å². The van der Waals surface area contributed by atoms with Gasteiger partial charge in [0.05, 0.1) is 13.2 Å². The highest BCUT2D eigenvalue weighted by atomic mass is 16.7. The Morgan fingerprint density at radius 3 is 2.40 bits per heavy atom. The van der Waals surface area contributed by atoms with E-state index in [0.717, 1.165) is 38.8 Å². The SMILES string of the molecule is O=CCCC1COC2(CCCCC2)OC1. The van der Waals surface area contributed by atoms with Crippen LogP contribution in [0.1, 0.15) is 44.9 Å². The molecular weight excluding hydrogens is 192 g/mol. The zero-order valence-electron chi connectivity index (χ0n) is 9.24. The predicted octanol–water partition coefficient (Wildman–Crippen LogP) is 2.29. The van der Waals surface area contributed by atoms with E-state index in [9.17, 15) is 4.79 Å². The van der Waals surface area contributed by atoms with Gasteiger partial charge in [0.15, 0.2) is 5.79 Å². The van der Waals surface area contributed by atoms with Crippen molar-refractivity contribution < 1.29 is 14.3 Å². The lowest BCUT2D eigenvalue weighted by Crippen LogP contribution is -2.45. The fourth-order valence-corrected chi connectivity index (χ4v) is 2.48. The van der Waals surface area contributed by atoms with Crippen LogP contribution in [0.25, 0.3) is 0 Å². The summed E-state index contributed by atoms with van der Waals surface area (Å²) in [6, 6.07) is 0. The molecule has 2 aliphatic rings. The van der Waals surface area contributed by atoms with Crippen molar-refractivity contribution in [3.63, 3.8) is 0 Å². The van der Waals surface area contributed by atoms with Gasteiger partial charge >= 0.3 is 0 Å². The molecule has 0 aromatic heterocycles. The molecule has 1 aliphatic carbocycles. The second-order valence-corrected chi connectivity index (χ2v) is 4.70. The number of aldehydes is 1. The molecule has 1 saturated heterocycles. The van der Waals surface area contributed by atoms with Gasteiger partial charge in [0.1, 0.15) is 6.29 Å². The van der Waals surface area contributed by atoms with Gasteiger partial charge in [0.25, 0.3) is 0 Å². The Kier molecular flexibility index (Phi) is 3.76. The van der Waals surface area contributed by atoms with Crippen molar-refractivity contribution >= 4 is 6.29 Å². The van der Waals surface area contributed by atoms with Gasteiger partial charge in [-0.05, 0) is 19.3 Å². The highest BCUT2D eigenvalue weighted by Gasteiger charge is 2.38. The first kappa shape index (κ1) is 11.1. The highest BCUT2D eigenvalue weighted by molar-refractivity contribution is 5.49. The van der Waals surface area contributed by atoms with Crippen LogP contribution in [0.2, 0.25) is 0 Å². The number of carbonyl (C=O) groups is 1. The molecule has 86 valence electrons. The Balaban J connectivity index is 1.77. The van der Waals surface area contributed by atoms with Crippen LogP contribution < -0.4 is 0 Å². The van der Waals surface area contributed by atoms with Gasteiger partial charge in [-0.3, -0.25) is 0 Å². The van der Waals surface area contributed by atoms with Crippen molar-refractivity contribution in [3.05, 3.63) is 0 Å². The summed E-state index contributed by atoms with van der Waals surface area (Å²) in [5.41, 5.74) is 0. The number of rotatable bonds is 3. The molecule has 0 aromatic rings. The molecule has 1 spiro atoms. The molecule has 0 unspecified atom stereocenters. The molecular formula is C12H20O3. The summed E-state index contributed by atoms with van der Waals surface area (Å²) in [7, 11) is 0. The third-order valence-electron chi connectivity index (χ3n) is 3.47. The summed E-state index contributed by atoms with van der Waals surface area (Å²) in [6.45, 7) is 1.54. The van der Waals surface area contributed by atoms with E-state index in [1.165, 1.54) is 19.3 Å². The Bertz CT molecular complexity index is 199. The summed E-state index contributed by atoms with van der Waals surface area (Å²) >= 11 is 0. The highest BCUT2D eigenvalue weighted by Crippen LogP contribution is 2.36.